The number of carboxylic acids is 1. The third-order valence-electron chi connectivity index (χ3n) is 4.36. The Balaban J connectivity index is 2.56. The maximum absolute atomic E-state index is 12.2. The molecule has 1 aliphatic carbocycles. The Kier molecular flexibility index (Phi) is 5.79. The van der Waals surface area contributed by atoms with Gasteiger partial charge in [-0.2, -0.15) is 0 Å². The Morgan fingerprint density at radius 3 is 2.53 bits per heavy atom. The lowest BCUT2D eigenvalue weighted by molar-refractivity contribution is -0.148. The highest BCUT2D eigenvalue weighted by Gasteiger charge is 2.33. The molecule has 4 N–H and O–H groups in total. The number of nitrogens with two attached hydrogens (primary N) is 1. The van der Waals surface area contributed by atoms with Gasteiger partial charge >= 0.3 is 5.97 Å². The highest BCUT2D eigenvalue weighted by Crippen LogP contribution is 2.24. The number of hydrogen-bond donors (Lipinski definition) is 3. The number of hydrogen-bond acceptors (Lipinski definition) is 3. The summed E-state index contributed by atoms with van der Waals surface area (Å²) >= 11 is 0. The van der Waals surface area contributed by atoms with Crippen molar-refractivity contribution >= 4 is 11.9 Å². The SMILES string of the molecule is CCC(C)(CNC(=O)C1CCCCCC1N)C(=O)O. The Labute approximate surface area is 114 Å². The second kappa shape index (κ2) is 6.89. The molecule has 0 spiro atoms. The van der Waals surface area contributed by atoms with Gasteiger partial charge in [-0.1, -0.05) is 26.2 Å². The zero-order valence-corrected chi connectivity index (χ0v) is 11.9. The van der Waals surface area contributed by atoms with Gasteiger partial charge in [-0.15, -0.1) is 0 Å². The topological polar surface area (TPSA) is 92.4 Å². The lowest BCUT2D eigenvalue weighted by Crippen LogP contribution is -2.46. The van der Waals surface area contributed by atoms with Gasteiger partial charge in [-0.05, 0) is 26.2 Å². The summed E-state index contributed by atoms with van der Waals surface area (Å²) in [7, 11) is 0. The molecule has 0 saturated heterocycles. The first-order chi connectivity index (χ1) is 8.90. The first-order valence-corrected chi connectivity index (χ1v) is 7.17. The molecule has 0 radical (unpaired) electrons. The number of nitrogens with one attached hydrogen (secondary N) is 1. The van der Waals surface area contributed by atoms with Crippen LogP contribution in [0.1, 0.15) is 52.4 Å². The van der Waals surface area contributed by atoms with Crippen molar-refractivity contribution in [3.05, 3.63) is 0 Å². The number of carbonyl (C=O) groups excluding carboxylic acids is 1. The fourth-order valence-electron chi connectivity index (χ4n) is 2.43. The van der Waals surface area contributed by atoms with E-state index in [1.54, 1.807) is 6.92 Å². The molecule has 5 heteroatoms. The lowest BCUT2D eigenvalue weighted by atomic mass is 9.87. The molecular weight excluding hydrogens is 244 g/mol. The van der Waals surface area contributed by atoms with Crippen molar-refractivity contribution in [2.24, 2.45) is 17.1 Å². The number of carboxylic acid groups (broad SMARTS) is 1. The van der Waals surface area contributed by atoms with Gasteiger partial charge in [0.2, 0.25) is 5.91 Å². The summed E-state index contributed by atoms with van der Waals surface area (Å²) in [4.78, 5) is 23.3. The molecular formula is C14H26N2O3. The largest absolute Gasteiger partial charge is 0.481 e. The summed E-state index contributed by atoms with van der Waals surface area (Å²) in [5.41, 5.74) is 5.14. The normalized spacial score (nSPS) is 27.1. The third-order valence-corrected chi connectivity index (χ3v) is 4.36. The van der Waals surface area contributed by atoms with E-state index >= 15 is 0 Å². The second-order valence-electron chi connectivity index (χ2n) is 5.85. The average molecular weight is 270 g/mol. The van der Waals surface area contributed by atoms with Gasteiger partial charge in [0.15, 0.2) is 0 Å². The van der Waals surface area contributed by atoms with E-state index in [2.05, 4.69) is 5.32 Å². The molecule has 3 unspecified atom stereocenters. The highest BCUT2D eigenvalue weighted by atomic mass is 16.4. The Morgan fingerprint density at radius 1 is 1.32 bits per heavy atom. The molecule has 1 fully saturated rings. The lowest BCUT2D eigenvalue weighted by Gasteiger charge is -2.26. The van der Waals surface area contributed by atoms with Crippen molar-refractivity contribution in [1.82, 2.24) is 5.32 Å². The van der Waals surface area contributed by atoms with E-state index in [4.69, 9.17) is 5.73 Å². The van der Waals surface area contributed by atoms with Crippen LogP contribution in [-0.4, -0.2) is 29.6 Å². The second-order valence-corrected chi connectivity index (χ2v) is 5.85. The van der Waals surface area contributed by atoms with Gasteiger partial charge in [-0.25, -0.2) is 0 Å². The summed E-state index contributed by atoms with van der Waals surface area (Å²) in [5.74, 6) is -1.13. The monoisotopic (exact) mass is 270 g/mol. The molecule has 5 nitrogen and oxygen atoms in total. The predicted molar refractivity (Wildman–Crippen MR) is 73.6 cm³/mol. The minimum atomic E-state index is -0.898. The molecule has 3 atom stereocenters. The molecule has 1 amide bonds. The van der Waals surface area contributed by atoms with Gasteiger partial charge in [-0.3, -0.25) is 9.59 Å². The minimum Gasteiger partial charge on any atom is -0.481 e. The summed E-state index contributed by atoms with van der Waals surface area (Å²) in [6.07, 6.45) is 5.39. The first kappa shape index (κ1) is 16.0. The van der Waals surface area contributed by atoms with Crippen LogP contribution in [-0.2, 0) is 9.59 Å². The summed E-state index contributed by atoms with van der Waals surface area (Å²) in [6.45, 7) is 3.64. The molecule has 110 valence electrons. The summed E-state index contributed by atoms with van der Waals surface area (Å²) < 4.78 is 0. The van der Waals surface area contributed by atoms with Crippen molar-refractivity contribution < 1.29 is 14.7 Å². The standard InChI is InChI=1S/C14H26N2O3/c1-3-14(2,13(18)19)9-16-12(17)10-7-5-4-6-8-11(10)15/h10-11H,3-9,15H2,1-2H3,(H,16,17)(H,18,19). The van der Waals surface area contributed by atoms with Gasteiger partial charge in [0, 0.05) is 12.6 Å². The van der Waals surface area contributed by atoms with E-state index in [0.29, 0.717) is 6.42 Å². The van der Waals surface area contributed by atoms with E-state index in [9.17, 15) is 14.7 Å². The molecule has 0 aromatic rings. The van der Waals surface area contributed by atoms with Crippen molar-refractivity contribution in [3.8, 4) is 0 Å². The van der Waals surface area contributed by atoms with Gasteiger partial charge in [0.1, 0.15) is 0 Å². The quantitative estimate of drug-likeness (QED) is 0.660. The number of rotatable bonds is 5. The fraction of sp³-hybridized carbons (Fsp3) is 0.857. The molecule has 0 aliphatic heterocycles. The summed E-state index contributed by atoms with van der Waals surface area (Å²) in [6, 6.07) is -0.0970. The molecule has 19 heavy (non-hydrogen) atoms. The maximum atomic E-state index is 12.2. The fourth-order valence-corrected chi connectivity index (χ4v) is 2.43. The highest BCUT2D eigenvalue weighted by molar-refractivity contribution is 5.81. The van der Waals surface area contributed by atoms with Crippen LogP contribution in [0.3, 0.4) is 0 Å². The molecule has 0 aromatic heterocycles. The van der Waals surface area contributed by atoms with E-state index in [0.717, 1.165) is 32.1 Å². The smallest absolute Gasteiger partial charge is 0.311 e. The van der Waals surface area contributed by atoms with Gasteiger partial charge in [0.25, 0.3) is 0 Å². The van der Waals surface area contributed by atoms with E-state index in [1.165, 1.54) is 0 Å². The van der Waals surface area contributed by atoms with Crippen molar-refractivity contribution in [3.63, 3.8) is 0 Å². The van der Waals surface area contributed by atoms with E-state index < -0.39 is 11.4 Å². The van der Waals surface area contributed by atoms with Crippen molar-refractivity contribution in [2.45, 2.75) is 58.4 Å². The zero-order valence-electron chi connectivity index (χ0n) is 11.9. The van der Waals surface area contributed by atoms with E-state index in [-0.39, 0.29) is 24.4 Å². The van der Waals surface area contributed by atoms with Gasteiger partial charge < -0.3 is 16.2 Å². The third kappa shape index (κ3) is 4.20. The Morgan fingerprint density at radius 2 is 1.95 bits per heavy atom. The Hall–Kier alpha value is -1.10. The average Bonchev–Trinajstić information content (AvgIpc) is 2.60. The Bertz CT molecular complexity index is 333. The predicted octanol–water partition coefficient (Wildman–Crippen LogP) is 1.51. The minimum absolute atomic E-state index is 0.0877. The molecule has 1 rings (SSSR count). The van der Waals surface area contributed by atoms with E-state index in [1.807, 2.05) is 6.92 Å². The van der Waals surface area contributed by atoms with Crippen LogP contribution in [0.5, 0.6) is 0 Å². The van der Waals surface area contributed by atoms with Crippen LogP contribution in [0.2, 0.25) is 0 Å². The van der Waals surface area contributed by atoms with Crippen LogP contribution in [0.25, 0.3) is 0 Å². The molecule has 0 heterocycles. The van der Waals surface area contributed by atoms with Crippen LogP contribution >= 0.6 is 0 Å². The number of carbonyl (C=O) groups is 2. The van der Waals surface area contributed by atoms with Crippen molar-refractivity contribution in [2.75, 3.05) is 6.54 Å². The van der Waals surface area contributed by atoms with Gasteiger partial charge in [0.05, 0.1) is 11.3 Å². The maximum Gasteiger partial charge on any atom is 0.311 e. The summed E-state index contributed by atoms with van der Waals surface area (Å²) in [5, 5.41) is 12.0. The molecule has 0 bridgehead atoms. The number of aliphatic carboxylic acids is 1. The van der Waals surface area contributed by atoms with Crippen LogP contribution in [0, 0.1) is 11.3 Å². The van der Waals surface area contributed by atoms with Crippen LogP contribution < -0.4 is 11.1 Å². The number of amides is 1. The van der Waals surface area contributed by atoms with Crippen molar-refractivity contribution in [1.29, 1.82) is 0 Å². The zero-order chi connectivity index (χ0) is 14.5. The first-order valence-electron chi connectivity index (χ1n) is 7.17. The van der Waals surface area contributed by atoms with Crippen LogP contribution in [0.4, 0.5) is 0 Å². The molecule has 1 aliphatic rings. The van der Waals surface area contributed by atoms with Crippen LogP contribution in [0.15, 0.2) is 0 Å². The molecule has 1 saturated carbocycles. The molecule has 0 aromatic carbocycles.